The van der Waals surface area contributed by atoms with Crippen LogP contribution >= 0.6 is 27.5 Å². The number of rotatable bonds is 9. The Morgan fingerprint density at radius 2 is 1.94 bits per heavy atom. The zero-order chi connectivity index (χ0) is 24.8. The van der Waals surface area contributed by atoms with Gasteiger partial charge < -0.3 is 25.0 Å². The van der Waals surface area contributed by atoms with Crippen LogP contribution in [0.4, 0.5) is 23.0 Å². The molecule has 0 saturated carbocycles. The number of aromatic carboxylic acids is 1. The number of hydrogen-bond donors (Lipinski definition) is 3. The molecule has 2 amide bonds. The van der Waals surface area contributed by atoms with Gasteiger partial charge in [-0.1, -0.05) is 0 Å². The Morgan fingerprint density at radius 1 is 1.24 bits per heavy atom. The first-order chi connectivity index (χ1) is 16.2. The second-order valence-electron chi connectivity index (χ2n) is 7.61. The molecule has 1 aromatic heterocycles. The number of hydrogen-bond acceptors (Lipinski definition) is 7. The molecule has 0 aliphatic carbocycles. The van der Waals surface area contributed by atoms with E-state index >= 15 is 0 Å². The summed E-state index contributed by atoms with van der Waals surface area (Å²) in [6.45, 7) is 4.34. The number of benzene rings is 1. The molecule has 34 heavy (non-hydrogen) atoms. The normalized spacial score (nSPS) is 14.7. The zero-order valence-corrected chi connectivity index (χ0v) is 20.6. The van der Waals surface area contributed by atoms with Gasteiger partial charge in [-0.05, 0) is 53.5 Å². The smallest absolute Gasteiger partial charge is 0.344 e. The fourth-order valence-corrected chi connectivity index (χ4v) is 4.35. The van der Waals surface area contributed by atoms with Crippen molar-refractivity contribution < 1.29 is 32.6 Å². The highest BCUT2D eigenvalue weighted by Crippen LogP contribution is 2.32. The Bertz CT molecular complexity index is 1050. The van der Waals surface area contributed by atoms with Crippen molar-refractivity contribution in [1.82, 2.24) is 19.5 Å². The van der Waals surface area contributed by atoms with E-state index in [9.17, 15) is 27.9 Å². The highest BCUT2D eigenvalue weighted by Gasteiger charge is 2.25. The van der Waals surface area contributed by atoms with Crippen LogP contribution in [0.5, 0.6) is 5.88 Å². The molecule has 2 aromatic rings. The van der Waals surface area contributed by atoms with Crippen molar-refractivity contribution in [1.29, 1.82) is 0 Å². The highest BCUT2D eigenvalue weighted by molar-refractivity contribution is 9.10. The average Bonchev–Trinajstić information content (AvgIpc) is 3.18. The van der Waals surface area contributed by atoms with Crippen LogP contribution in [0.25, 0.3) is 0 Å². The fourth-order valence-electron chi connectivity index (χ4n) is 3.25. The summed E-state index contributed by atoms with van der Waals surface area (Å²) in [5.74, 6) is -5.76. The summed E-state index contributed by atoms with van der Waals surface area (Å²) in [4.78, 5) is 28.4. The van der Waals surface area contributed by atoms with Crippen molar-refractivity contribution in [3.05, 3.63) is 39.1 Å². The van der Waals surface area contributed by atoms with Gasteiger partial charge in [-0.2, -0.15) is 4.37 Å². The molecule has 1 aliphatic heterocycles. The van der Waals surface area contributed by atoms with Crippen molar-refractivity contribution in [2.24, 2.45) is 0 Å². The van der Waals surface area contributed by atoms with Crippen LogP contribution in [0.2, 0.25) is 0 Å². The first kappa shape index (κ1) is 26.2. The lowest BCUT2D eigenvalue weighted by molar-refractivity contribution is 0.0693. The molecule has 3 N–H and O–H groups in total. The Morgan fingerprint density at radius 3 is 2.62 bits per heavy atom. The number of halogens is 4. The molecule has 0 atom stereocenters. The lowest BCUT2D eigenvalue weighted by atomic mass is 10.2. The SMILES string of the molecule is CN1CCN(CCCNC(=O)Nc2snc(OCc3c(F)cc(Br)c(F)c3F)c2C(=O)O)CC1. The van der Waals surface area contributed by atoms with Crippen molar-refractivity contribution in [2.75, 3.05) is 51.6 Å². The van der Waals surface area contributed by atoms with Crippen LogP contribution in [0.3, 0.4) is 0 Å². The first-order valence-corrected chi connectivity index (χ1v) is 11.9. The number of piperazine rings is 1. The largest absolute Gasteiger partial charge is 0.477 e. The average molecular weight is 566 g/mol. The van der Waals surface area contributed by atoms with Crippen molar-refractivity contribution in [3.8, 4) is 5.88 Å². The number of aromatic nitrogens is 1. The van der Waals surface area contributed by atoms with E-state index in [-0.39, 0.29) is 5.00 Å². The van der Waals surface area contributed by atoms with Gasteiger partial charge in [-0.15, -0.1) is 0 Å². The molecule has 0 bridgehead atoms. The molecule has 1 aromatic carbocycles. The van der Waals surface area contributed by atoms with Gasteiger partial charge in [-0.25, -0.2) is 22.8 Å². The van der Waals surface area contributed by atoms with Crippen molar-refractivity contribution in [2.45, 2.75) is 13.0 Å². The molecule has 1 saturated heterocycles. The molecule has 14 heteroatoms. The van der Waals surface area contributed by atoms with Crippen LogP contribution in [-0.4, -0.2) is 77.6 Å². The molecular formula is C20H23BrF3N5O4S. The van der Waals surface area contributed by atoms with Gasteiger partial charge in [0.25, 0.3) is 0 Å². The summed E-state index contributed by atoms with van der Waals surface area (Å²) < 4.78 is 50.3. The fraction of sp³-hybridized carbons (Fsp3) is 0.450. The van der Waals surface area contributed by atoms with Gasteiger partial charge in [0, 0.05) is 32.7 Å². The van der Waals surface area contributed by atoms with E-state index in [0.29, 0.717) is 18.1 Å². The van der Waals surface area contributed by atoms with Crippen LogP contribution in [-0.2, 0) is 6.61 Å². The van der Waals surface area contributed by atoms with E-state index in [0.717, 1.165) is 45.2 Å². The number of carboxylic acids is 1. The van der Waals surface area contributed by atoms with Crippen molar-refractivity contribution >= 4 is 44.5 Å². The number of carboxylic acid groups (broad SMARTS) is 1. The number of nitrogens with zero attached hydrogens (tertiary/aromatic N) is 3. The van der Waals surface area contributed by atoms with E-state index in [2.05, 4.69) is 47.8 Å². The Balaban J connectivity index is 1.55. The third-order valence-electron chi connectivity index (χ3n) is 5.20. The third-order valence-corrected chi connectivity index (χ3v) is 6.52. The van der Waals surface area contributed by atoms with Crippen LogP contribution in [0, 0.1) is 17.5 Å². The van der Waals surface area contributed by atoms with E-state index < -0.39 is 57.5 Å². The van der Waals surface area contributed by atoms with Gasteiger partial charge in [-0.3, -0.25) is 5.32 Å². The monoisotopic (exact) mass is 565 g/mol. The summed E-state index contributed by atoms with van der Waals surface area (Å²) in [5.41, 5.74) is -1.20. The quantitative estimate of drug-likeness (QED) is 0.243. The summed E-state index contributed by atoms with van der Waals surface area (Å²) in [6, 6.07) is 0.111. The molecule has 1 aliphatic rings. The molecule has 186 valence electrons. The van der Waals surface area contributed by atoms with Crippen LogP contribution in [0.15, 0.2) is 10.5 Å². The number of amides is 2. The minimum absolute atomic E-state index is 0.109. The van der Waals surface area contributed by atoms with Gasteiger partial charge in [0.15, 0.2) is 17.2 Å². The number of ether oxygens (including phenoxy) is 1. The summed E-state index contributed by atoms with van der Waals surface area (Å²) in [5, 5.41) is 14.5. The van der Waals surface area contributed by atoms with Gasteiger partial charge in [0.1, 0.15) is 17.4 Å². The maximum Gasteiger partial charge on any atom is 0.344 e. The Kier molecular flexibility index (Phi) is 9.10. The number of urea groups is 1. The maximum atomic E-state index is 14.0. The predicted octanol–water partition coefficient (Wildman–Crippen LogP) is 3.36. The molecule has 0 spiro atoms. The van der Waals surface area contributed by atoms with E-state index in [1.807, 2.05) is 0 Å². The molecule has 9 nitrogen and oxygen atoms in total. The number of likely N-dealkylation sites (N-methyl/N-ethyl adjacent to an activating group) is 1. The summed E-state index contributed by atoms with van der Waals surface area (Å²) >= 11 is 3.33. The Labute approximate surface area is 206 Å². The lowest BCUT2D eigenvalue weighted by Gasteiger charge is -2.32. The number of carbonyl (C=O) groups is 2. The van der Waals surface area contributed by atoms with E-state index in [4.69, 9.17) is 4.74 Å². The molecule has 3 rings (SSSR count). The highest BCUT2D eigenvalue weighted by atomic mass is 79.9. The Hall–Kier alpha value is -2.42. The predicted molar refractivity (Wildman–Crippen MR) is 123 cm³/mol. The van der Waals surface area contributed by atoms with E-state index in [1.54, 1.807) is 0 Å². The first-order valence-electron chi connectivity index (χ1n) is 10.3. The van der Waals surface area contributed by atoms with Crippen molar-refractivity contribution in [3.63, 3.8) is 0 Å². The van der Waals surface area contributed by atoms with Crippen LogP contribution in [0.1, 0.15) is 22.3 Å². The standard InChI is InChI=1S/C20H23BrF3N5O4S/c1-28-5-7-29(8-6-28)4-2-3-25-20(32)26-18-14(19(30)31)17(27-34-18)33-10-11-13(22)9-12(21)16(24)15(11)23/h9H,2-8,10H2,1H3,(H,30,31)(H2,25,26,32). The zero-order valence-electron chi connectivity index (χ0n) is 18.2. The minimum Gasteiger partial charge on any atom is -0.477 e. The number of anilines is 1. The summed E-state index contributed by atoms with van der Waals surface area (Å²) in [7, 11) is 2.07. The summed E-state index contributed by atoms with van der Waals surface area (Å²) in [6.07, 6.45) is 0.723. The molecule has 0 unspecified atom stereocenters. The van der Waals surface area contributed by atoms with Gasteiger partial charge in [0.05, 0.1) is 10.0 Å². The molecule has 2 heterocycles. The molecule has 1 fully saturated rings. The second kappa shape index (κ2) is 11.8. The number of nitrogens with one attached hydrogen (secondary N) is 2. The van der Waals surface area contributed by atoms with Crippen LogP contribution < -0.4 is 15.4 Å². The third kappa shape index (κ3) is 6.58. The topological polar surface area (TPSA) is 107 Å². The van der Waals surface area contributed by atoms with Gasteiger partial charge in [0.2, 0.25) is 5.88 Å². The number of carbonyl (C=O) groups excluding carboxylic acids is 1. The molecule has 0 radical (unpaired) electrons. The van der Waals surface area contributed by atoms with Gasteiger partial charge >= 0.3 is 12.0 Å². The maximum absolute atomic E-state index is 14.0. The second-order valence-corrected chi connectivity index (χ2v) is 9.24. The lowest BCUT2D eigenvalue weighted by Crippen LogP contribution is -2.45. The molecular weight excluding hydrogens is 543 g/mol. The minimum atomic E-state index is -1.46. The van der Waals surface area contributed by atoms with E-state index in [1.165, 1.54) is 0 Å².